The monoisotopic (exact) mass is 267 g/mol. The molecule has 5 heteroatoms. The Balaban J connectivity index is 1.77. The lowest BCUT2D eigenvalue weighted by Crippen LogP contribution is -2.14. The Kier molecular flexibility index (Phi) is 5.23. The van der Waals surface area contributed by atoms with Gasteiger partial charge in [0.2, 0.25) is 0 Å². The van der Waals surface area contributed by atoms with E-state index in [2.05, 4.69) is 17.0 Å². The minimum Gasteiger partial charge on any atom is -0.298 e. The number of rotatable bonds is 7. The Morgan fingerprint density at radius 3 is 3.00 bits per heavy atom. The zero-order chi connectivity index (χ0) is 12.8. The van der Waals surface area contributed by atoms with Crippen LogP contribution in [-0.4, -0.2) is 31.6 Å². The zero-order valence-corrected chi connectivity index (χ0v) is 11.8. The van der Waals surface area contributed by atoms with Crippen LogP contribution in [0.1, 0.15) is 44.9 Å². The average Bonchev–Trinajstić information content (AvgIpc) is 2.99. The van der Waals surface area contributed by atoms with Gasteiger partial charge in [-0.1, -0.05) is 19.8 Å². The minimum absolute atomic E-state index is 0.275. The predicted octanol–water partition coefficient (Wildman–Crippen LogP) is 2.48. The number of carbonyl (C=O) groups is 1. The standard InChI is InChI=1S/C13H21N3OS/c1-2-7-16-13(14-10-15-16)8-11(17)9-18-12-5-3-4-6-12/h10,12H,2-9H2,1H3. The average molecular weight is 267 g/mol. The van der Waals surface area contributed by atoms with Crippen LogP contribution in [0.5, 0.6) is 0 Å². The number of hydrogen-bond donors (Lipinski definition) is 0. The highest BCUT2D eigenvalue weighted by Gasteiger charge is 2.17. The van der Waals surface area contributed by atoms with Crippen molar-refractivity contribution in [3.8, 4) is 0 Å². The van der Waals surface area contributed by atoms with E-state index in [0.29, 0.717) is 17.4 Å². The third-order valence-corrected chi connectivity index (χ3v) is 4.70. The van der Waals surface area contributed by atoms with E-state index in [1.807, 2.05) is 16.4 Å². The van der Waals surface area contributed by atoms with Gasteiger partial charge in [0, 0.05) is 11.8 Å². The molecule has 0 aliphatic heterocycles. The lowest BCUT2D eigenvalue weighted by molar-refractivity contribution is -0.116. The van der Waals surface area contributed by atoms with Crippen molar-refractivity contribution in [2.24, 2.45) is 0 Å². The third kappa shape index (κ3) is 3.83. The highest BCUT2D eigenvalue weighted by Crippen LogP contribution is 2.29. The lowest BCUT2D eigenvalue weighted by Gasteiger charge is -2.08. The molecule has 1 fully saturated rings. The molecule has 0 spiro atoms. The summed E-state index contributed by atoms with van der Waals surface area (Å²) in [5, 5.41) is 4.85. The Labute approximate surface area is 113 Å². The van der Waals surface area contributed by atoms with Crippen molar-refractivity contribution >= 4 is 17.5 Å². The van der Waals surface area contributed by atoms with Gasteiger partial charge in [0.15, 0.2) is 0 Å². The summed E-state index contributed by atoms with van der Waals surface area (Å²) in [6, 6.07) is 0. The second-order valence-corrected chi connectivity index (χ2v) is 6.12. The molecule has 2 rings (SSSR count). The fraction of sp³-hybridized carbons (Fsp3) is 0.769. The molecule has 0 saturated heterocycles. The van der Waals surface area contributed by atoms with E-state index in [-0.39, 0.29) is 5.78 Å². The first-order valence-electron chi connectivity index (χ1n) is 6.79. The number of aromatic nitrogens is 3. The predicted molar refractivity (Wildman–Crippen MR) is 73.7 cm³/mol. The number of nitrogens with zero attached hydrogens (tertiary/aromatic N) is 3. The molecule has 0 aromatic carbocycles. The van der Waals surface area contributed by atoms with Gasteiger partial charge in [-0.15, -0.1) is 0 Å². The summed E-state index contributed by atoms with van der Waals surface area (Å²) in [5.41, 5.74) is 0. The molecular weight excluding hydrogens is 246 g/mol. The maximum Gasteiger partial charge on any atom is 0.150 e. The van der Waals surface area contributed by atoms with Crippen LogP contribution in [0.4, 0.5) is 0 Å². The van der Waals surface area contributed by atoms with E-state index in [1.165, 1.54) is 25.7 Å². The quantitative estimate of drug-likeness (QED) is 0.761. The van der Waals surface area contributed by atoms with E-state index < -0.39 is 0 Å². The molecule has 1 aromatic rings. The number of Topliss-reactive ketones (excluding diaryl/α,β-unsaturated/α-hetero) is 1. The topological polar surface area (TPSA) is 47.8 Å². The molecule has 1 heterocycles. The van der Waals surface area contributed by atoms with Crippen LogP contribution in [-0.2, 0) is 17.8 Å². The maximum atomic E-state index is 11.9. The molecule has 0 N–H and O–H groups in total. The van der Waals surface area contributed by atoms with Crippen molar-refractivity contribution in [2.75, 3.05) is 5.75 Å². The molecule has 0 unspecified atom stereocenters. The minimum atomic E-state index is 0.275. The summed E-state index contributed by atoms with van der Waals surface area (Å²) in [4.78, 5) is 16.1. The van der Waals surface area contributed by atoms with Gasteiger partial charge in [-0.2, -0.15) is 16.9 Å². The van der Waals surface area contributed by atoms with Crippen molar-refractivity contribution in [3.63, 3.8) is 0 Å². The summed E-state index contributed by atoms with van der Waals surface area (Å²) in [5.74, 6) is 1.72. The molecule has 100 valence electrons. The van der Waals surface area contributed by atoms with Gasteiger partial charge in [-0.3, -0.25) is 4.79 Å². The second-order valence-electron chi connectivity index (χ2n) is 4.83. The number of ketones is 1. The Morgan fingerprint density at radius 2 is 2.28 bits per heavy atom. The van der Waals surface area contributed by atoms with E-state index in [0.717, 1.165) is 18.8 Å². The van der Waals surface area contributed by atoms with Crippen LogP contribution < -0.4 is 0 Å². The first-order valence-corrected chi connectivity index (χ1v) is 7.84. The van der Waals surface area contributed by atoms with Crippen molar-refractivity contribution in [3.05, 3.63) is 12.2 Å². The van der Waals surface area contributed by atoms with Crippen LogP contribution in [0.2, 0.25) is 0 Å². The van der Waals surface area contributed by atoms with Gasteiger partial charge in [-0.05, 0) is 19.3 Å². The molecule has 1 aliphatic carbocycles. The summed E-state index contributed by atoms with van der Waals surface area (Å²) in [7, 11) is 0. The molecule has 0 atom stereocenters. The number of aryl methyl sites for hydroxylation is 1. The third-order valence-electron chi connectivity index (χ3n) is 3.27. The summed E-state index contributed by atoms with van der Waals surface area (Å²) < 4.78 is 1.85. The van der Waals surface area contributed by atoms with Crippen molar-refractivity contribution in [1.82, 2.24) is 14.8 Å². The Hall–Kier alpha value is -0.840. The first kappa shape index (κ1) is 13.6. The van der Waals surface area contributed by atoms with Gasteiger partial charge < -0.3 is 0 Å². The van der Waals surface area contributed by atoms with Crippen LogP contribution in [0.3, 0.4) is 0 Å². The maximum absolute atomic E-state index is 11.9. The van der Waals surface area contributed by atoms with Crippen LogP contribution in [0.15, 0.2) is 6.33 Å². The van der Waals surface area contributed by atoms with Crippen molar-refractivity contribution < 1.29 is 4.79 Å². The SMILES string of the molecule is CCCn1ncnc1CC(=O)CSC1CCCC1. The van der Waals surface area contributed by atoms with Crippen molar-refractivity contribution in [2.45, 2.75) is 57.2 Å². The number of thioether (sulfide) groups is 1. The molecule has 1 saturated carbocycles. The van der Waals surface area contributed by atoms with Gasteiger partial charge in [0.1, 0.15) is 17.9 Å². The number of hydrogen-bond acceptors (Lipinski definition) is 4. The van der Waals surface area contributed by atoms with E-state index in [9.17, 15) is 4.79 Å². The van der Waals surface area contributed by atoms with Gasteiger partial charge in [-0.25, -0.2) is 9.67 Å². The van der Waals surface area contributed by atoms with Crippen LogP contribution in [0, 0.1) is 0 Å². The summed E-state index contributed by atoms with van der Waals surface area (Å²) >= 11 is 1.83. The largest absolute Gasteiger partial charge is 0.298 e. The molecule has 1 aliphatic rings. The molecule has 0 amide bonds. The molecule has 1 aromatic heterocycles. The van der Waals surface area contributed by atoms with Crippen LogP contribution >= 0.6 is 11.8 Å². The lowest BCUT2D eigenvalue weighted by atomic mass is 10.3. The second kappa shape index (κ2) is 6.92. The van der Waals surface area contributed by atoms with Crippen molar-refractivity contribution in [1.29, 1.82) is 0 Å². The van der Waals surface area contributed by atoms with Crippen LogP contribution in [0.25, 0.3) is 0 Å². The van der Waals surface area contributed by atoms with E-state index >= 15 is 0 Å². The molecule has 4 nitrogen and oxygen atoms in total. The highest BCUT2D eigenvalue weighted by molar-refractivity contribution is 8.00. The van der Waals surface area contributed by atoms with Gasteiger partial charge >= 0.3 is 0 Å². The van der Waals surface area contributed by atoms with E-state index in [1.54, 1.807) is 6.33 Å². The fourth-order valence-electron chi connectivity index (χ4n) is 2.32. The van der Waals surface area contributed by atoms with E-state index in [4.69, 9.17) is 0 Å². The smallest absolute Gasteiger partial charge is 0.150 e. The molecule has 0 radical (unpaired) electrons. The molecule has 18 heavy (non-hydrogen) atoms. The highest BCUT2D eigenvalue weighted by atomic mass is 32.2. The summed E-state index contributed by atoms with van der Waals surface area (Å²) in [6.07, 6.45) is 8.21. The molecular formula is C13H21N3OS. The van der Waals surface area contributed by atoms with Gasteiger partial charge in [0.25, 0.3) is 0 Å². The Bertz CT molecular complexity index is 385. The normalized spacial score (nSPS) is 16.3. The first-order chi connectivity index (χ1) is 8.79. The van der Waals surface area contributed by atoms with Gasteiger partial charge in [0.05, 0.1) is 12.2 Å². The number of carbonyl (C=O) groups excluding carboxylic acids is 1. The molecule has 0 bridgehead atoms. The zero-order valence-electron chi connectivity index (χ0n) is 11.0. The summed E-state index contributed by atoms with van der Waals surface area (Å²) in [6.45, 7) is 2.95. The Morgan fingerprint density at radius 1 is 1.50 bits per heavy atom. The fourth-order valence-corrected chi connectivity index (χ4v) is 3.51.